The van der Waals surface area contributed by atoms with E-state index in [2.05, 4.69) is 6.92 Å². The Kier molecular flexibility index (Phi) is 6.55. The van der Waals surface area contributed by atoms with Gasteiger partial charge in [-0.1, -0.05) is 6.92 Å². The standard InChI is InChI=1S/C10H18N3O.HI/c1-4-6-12(5-2)10(14)13-8-7-11(3)9-13;/h7-9H,4-6H2,1-3H3;1H/q+1;/p-1. The molecular formula is C10H18IN3O. The molecule has 0 aliphatic rings. The lowest BCUT2D eigenvalue weighted by atomic mass is 10.4. The minimum Gasteiger partial charge on any atom is -1.00 e. The molecule has 0 aromatic carbocycles. The molecule has 0 unspecified atom stereocenters. The van der Waals surface area contributed by atoms with Crippen LogP contribution in [0, 0.1) is 0 Å². The summed E-state index contributed by atoms with van der Waals surface area (Å²) in [6, 6.07) is 0.0509. The number of rotatable bonds is 3. The molecule has 4 nitrogen and oxygen atoms in total. The molecule has 0 atom stereocenters. The number of amides is 1. The molecule has 1 rings (SSSR count). The Hall–Kier alpha value is -0.590. The zero-order chi connectivity index (χ0) is 10.6. The molecule has 0 spiro atoms. The number of nitrogens with zero attached hydrogens (tertiary/aromatic N) is 3. The van der Waals surface area contributed by atoms with Crippen LogP contribution in [0.4, 0.5) is 4.79 Å². The van der Waals surface area contributed by atoms with Gasteiger partial charge < -0.3 is 28.9 Å². The first kappa shape index (κ1) is 14.4. The first-order valence-corrected chi connectivity index (χ1v) is 5.01. The van der Waals surface area contributed by atoms with Crippen LogP contribution in [0.5, 0.6) is 0 Å². The van der Waals surface area contributed by atoms with Crippen molar-refractivity contribution in [1.82, 2.24) is 9.47 Å². The van der Waals surface area contributed by atoms with Crippen LogP contribution in [0.2, 0.25) is 0 Å². The number of imidazole rings is 1. The average Bonchev–Trinajstić information content (AvgIpc) is 2.60. The SMILES string of the molecule is CCCN(CC)C(=O)n1cc[n+](C)c1.[I-]. The second kappa shape index (κ2) is 6.81. The van der Waals surface area contributed by atoms with Crippen molar-refractivity contribution < 1.29 is 33.3 Å². The second-order valence-electron chi connectivity index (χ2n) is 3.35. The fourth-order valence-electron chi connectivity index (χ4n) is 1.39. The minimum absolute atomic E-state index is 0. The molecule has 0 radical (unpaired) electrons. The summed E-state index contributed by atoms with van der Waals surface area (Å²) < 4.78 is 3.47. The van der Waals surface area contributed by atoms with Crippen molar-refractivity contribution in [2.45, 2.75) is 20.3 Å². The van der Waals surface area contributed by atoms with E-state index in [1.165, 1.54) is 0 Å². The lowest BCUT2D eigenvalue weighted by Gasteiger charge is -2.16. The van der Waals surface area contributed by atoms with Crippen LogP contribution in [0.15, 0.2) is 18.7 Å². The van der Waals surface area contributed by atoms with Gasteiger partial charge in [-0.3, -0.25) is 0 Å². The summed E-state index contributed by atoms with van der Waals surface area (Å²) in [6.45, 7) is 5.65. The van der Waals surface area contributed by atoms with Gasteiger partial charge >= 0.3 is 6.03 Å². The number of hydrogen-bond donors (Lipinski definition) is 0. The number of aryl methyl sites for hydroxylation is 1. The van der Waals surface area contributed by atoms with Gasteiger partial charge in [-0.25, -0.2) is 9.36 Å². The quantitative estimate of drug-likeness (QED) is 0.468. The van der Waals surface area contributed by atoms with Crippen LogP contribution in [0.25, 0.3) is 0 Å². The van der Waals surface area contributed by atoms with Crippen LogP contribution < -0.4 is 28.5 Å². The maximum atomic E-state index is 11.9. The highest BCUT2D eigenvalue weighted by Crippen LogP contribution is 1.96. The first-order chi connectivity index (χ1) is 6.69. The molecule has 0 saturated carbocycles. The molecule has 0 saturated heterocycles. The van der Waals surface area contributed by atoms with Gasteiger partial charge in [0.2, 0.25) is 0 Å². The van der Waals surface area contributed by atoms with Crippen LogP contribution in [-0.2, 0) is 7.05 Å². The van der Waals surface area contributed by atoms with Gasteiger partial charge in [0.15, 0.2) is 0 Å². The molecule has 1 aromatic heterocycles. The van der Waals surface area contributed by atoms with Crippen molar-refractivity contribution in [1.29, 1.82) is 0 Å². The highest BCUT2D eigenvalue weighted by molar-refractivity contribution is 5.76. The number of hydrogen-bond acceptors (Lipinski definition) is 1. The Balaban J connectivity index is 0.00000196. The van der Waals surface area contributed by atoms with Crippen molar-refractivity contribution in [3.8, 4) is 0 Å². The molecule has 0 bridgehead atoms. The lowest BCUT2D eigenvalue weighted by molar-refractivity contribution is -0.670. The van der Waals surface area contributed by atoms with Crippen LogP contribution in [-0.4, -0.2) is 28.6 Å². The average molecular weight is 323 g/mol. The van der Waals surface area contributed by atoms with Crippen LogP contribution in [0.3, 0.4) is 0 Å². The molecule has 0 aliphatic carbocycles. The number of carbonyl (C=O) groups is 1. The monoisotopic (exact) mass is 323 g/mol. The third-order valence-electron chi connectivity index (χ3n) is 2.14. The number of halogens is 1. The van der Waals surface area contributed by atoms with Crippen molar-refractivity contribution in [2.24, 2.45) is 7.05 Å². The van der Waals surface area contributed by atoms with Gasteiger partial charge in [-0.15, -0.1) is 0 Å². The molecule has 0 N–H and O–H groups in total. The van der Waals surface area contributed by atoms with Crippen LogP contribution in [0.1, 0.15) is 20.3 Å². The minimum atomic E-state index is 0. The van der Waals surface area contributed by atoms with E-state index in [0.29, 0.717) is 0 Å². The van der Waals surface area contributed by atoms with E-state index in [-0.39, 0.29) is 30.0 Å². The maximum Gasteiger partial charge on any atom is 0.415 e. The van der Waals surface area contributed by atoms with E-state index in [1.54, 1.807) is 17.1 Å². The largest absolute Gasteiger partial charge is 1.00 e. The van der Waals surface area contributed by atoms with Gasteiger partial charge in [0.1, 0.15) is 12.4 Å². The van der Waals surface area contributed by atoms with Gasteiger partial charge in [-0.2, -0.15) is 4.57 Å². The summed E-state index contributed by atoms with van der Waals surface area (Å²) in [6.07, 6.45) is 6.41. The second-order valence-corrected chi connectivity index (χ2v) is 3.35. The van der Waals surface area contributed by atoms with Gasteiger partial charge in [0.25, 0.3) is 6.33 Å². The van der Waals surface area contributed by atoms with Gasteiger partial charge in [0, 0.05) is 13.1 Å². The van der Waals surface area contributed by atoms with Crippen molar-refractivity contribution in [3.63, 3.8) is 0 Å². The summed E-state index contributed by atoms with van der Waals surface area (Å²) >= 11 is 0. The van der Waals surface area contributed by atoms with E-state index in [4.69, 9.17) is 0 Å². The molecule has 1 heterocycles. The summed E-state index contributed by atoms with van der Waals surface area (Å²) in [7, 11) is 1.90. The highest BCUT2D eigenvalue weighted by atomic mass is 127. The highest BCUT2D eigenvalue weighted by Gasteiger charge is 2.17. The maximum absolute atomic E-state index is 11.9. The first-order valence-electron chi connectivity index (χ1n) is 5.01. The Morgan fingerprint density at radius 3 is 2.53 bits per heavy atom. The van der Waals surface area contributed by atoms with Gasteiger partial charge in [-0.05, 0) is 13.3 Å². The topological polar surface area (TPSA) is 29.1 Å². The smallest absolute Gasteiger partial charge is 0.415 e. The molecule has 0 fully saturated rings. The lowest BCUT2D eigenvalue weighted by Crippen LogP contribution is -3.00. The third kappa shape index (κ3) is 3.81. The normalized spacial score (nSPS) is 9.53. The van der Waals surface area contributed by atoms with Crippen LogP contribution >= 0.6 is 0 Å². The van der Waals surface area contributed by atoms with Crippen molar-refractivity contribution in [2.75, 3.05) is 13.1 Å². The summed E-state index contributed by atoms with van der Waals surface area (Å²) in [5.74, 6) is 0. The fraction of sp³-hybridized carbons (Fsp3) is 0.600. The zero-order valence-electron chi connectivity index (χ0n) is 9.48. The Morgan fingerprint density at radius 2 is 2.13 bits per heavy atom. The zero-order valence-corrected chi connectivity index (χ0v) is 11.6. The Labute approximate surface area is 108 Å². The molecule has 1 amide bonds. The molecule has 1 aromatic rings. The Bertz CT molecular complexity index is 311. The summed E-state index contributed by atoms with van der Waals surface area (Å²) in [5.41, 5.74) is 0. The predicted molar refractivity (Wildman–Crippen MR) is 53.9 cm³/mol. The van der Waals surface area contributed by atoms with E-state index in [0.717, 1.165) is 19.5 Å². The number of carbonyl (C=O) groups excluding carboxylic acids is 1. The predicted octanol–water partition coefficient (Wildman–Crippen LogP) is -1.98. The van der Waals surface area contributed by atoms with E-state index in [1.807, 2.05) is 29.6 Å². The Morgan fingerprint density at radius 1 is 1.47 bits per heavy atom. The number of aromatic nitrogens is 2. The fourth-order valence-corrected chi connectivity index (χ4v) is 1.39. The van der Waals surface area contributed by atoms with E-state index >= 15 is 0 Å². The summed E-state index contributed by atoms with van der Waals surface area (Å²) in [4.78, 5) is 13.7. The third-order valence-corrected chi connectivity index (χ3v) is 2.14. The summed E-state index contributed by atoms with van der Waals surface area (Å²) in [5, 5.41) is 0. The van der Waals surface area contributed by atoms with E-state index in [9.17, 15) is 4.79 Å². The van der Waals surface area contributed by atoms with Gasteiger partial charge in [0.05, 0.1) is 7.05 Å². The van der Waals surface area contributed by atoms with E-state index < -0.39 is 0 Å². The molecule has 5 heteroatoms. The molecule has 86 valence electrons. The van der Waals surface area contributed by atoms with Crippen molar-refractivity contribution in [3.05, 3.63) is 18.7 Å². The molecular weight excluding hydrogens is 305 g/mol. The van der Waals surface area contributed by atoms with Crippen molar-refractivity contribution >= 4 is 6.03 Å². The molecule has 0 aliphatic heterocycles. The molecule has 15 heavy (non-hydrogen) atoms.